The first-order chi connectivity index (χ1) is 7.54. The van der Waals surface area contributed by atoms with Crippen LogP contribution in [0.1, 0.15) is 51.9 Å². The summed E-state index contributed by atoms with van der Waals surface area (Å²) in [6.07, 6.45) is 7.13. The Kier molecular flexibility index (Phi) is 14.7. The second-order valence-corrected chi connectivity index (χ2v) is 3.63. The largest absolute Gasteiger partial charge is 0.465 e. The molecule has 16 heavy (non-hydrogen) atoms. The molecule has 0 heterocycles. The summed E-state index contributed by atoms with van der Waals surface area (Å²) in [6.45, 7) is 2.21. The number of primary amides is 1. The van der Waals surface area contributed by atoms with Gasteiger partial charge in [0.05, 0.1) is 12.1 Å². The smallest absolute Gasteiger partial charge is 0.402 e. The molecule has 0 bridgehead atoms. The van der Waals surface area contributed by atoms with Gasteiger partial charge in [-0.1, -0.05) is 45.4 Å². The molecule has 0 saturated carbocycles. The first-order valence-corrected chi connectivity index (χ1v) is 5.68. The number of nitrogens with zero attached hydrogens (tertiary/aromatic N) is 1. The second kappa shape index (κ2) is 13.7. The van der Waals surface area contributed by atoms with E-state index in [1.165, 1.54) is 32.1 Å². The van der Waals surface area contributed by atoms with E-state index in [4.69, 9.17) is 20.9 Å². The summed E-state index contributed by atoms with van der Waals surface area (Å²) in [5.74, 6) is 0. The van der Waals surface area contributed by atoms with Crippen molar-refractivity contribution in [3.05, 3.63) is 0 Å². The van der Waals surface area contributed by atoms with Crippen LogP contribution < -0.4 is 11.5 Å². The average molecular weight is 229 g/mol. The summed E-state index contributed by atoms with van der Waals surface area (Å²) in [7, 11) is 0. The Morgan fingerprint density at radius 3 is 2.19 bits per heavy atom. The molecule has 0 saturated heterocycles. The maximum atomic E-state index is 8.78. The molecule has 0 aromatic carbocycles. The van der Waals surface area contributed by atoms with Crippen molar-refractivity contribution >= 4 is 6.09 Å². The third-order valence-electron chi connectivity index (χ3n) is 2.03. The maximum absolute atomic E-state index is 8.78. The molecule has 94 valence electrons. The standard InChI is InChI=1S/C10H20N2.CH3NO2/c1-2-3-4-5-6-7-8-10(12)9-11;2-1(3)4/h10H,2-8,12H2,1H3;2H2,(H,3,4). The molecule has 0 aromatic heterocycles. The van der Waals surface area contributed by atoms with Gasteiger partial charge in [0.15, 0.2) is 0 Å². The normalized spacial score (nSPS) is 10.8. The van der Waals surface area contributed by atoms with E-state index in [2.05, 4.69) is 12.7 Å². The molecule has 0 aliphatic carbocycles. The van der Waals surface area contributed by atoms with Gasteiger partial charge in [-0.15, -0.1) is 0 Å². The lowest BCUT2D eigenvalue weighted by Gasteiger charge is -2.01. The van der Waals surface area contributed by atoms with Gasteiger partial charge >= 0.3 is 6.09 Å². The zero-order valence-electron chi connectivity index (χ0n) is 9.98. The highest BCUT2D eigenvalue weighted by atomic mass is 16.4. The van der Waals surface area contributed by atoms with Gasteiger partial charge < -0.3 is 16.6 Å². The predicted molar refractivity (Wildman–Crippen MR) is 63.8 cm³/mol. The van der Waals surface area contributed by atoms with Crippen molar-refractivity contribution in [1.29, 1.82) is 5.26 Å². The SMILES string of the molecule is CCCCCCCCC(N)C#N.NC(=O)O. The lowest BCUT2D eigenvalue weighted by Crippen LogP contribution is -2.16. The number of unbranched alkanes of at least 4 members (excludes halogenated alkanes) is 5. The third-order valence-corrected chi connectivity index (χ3v) is 2.03. The fourth-order valence-corrected chi connectivity index (χ4v) is 1.21. The number of amides is 1. The summed E-state index contributed by atoms with van der Waals surface area (Å²) in [4.78, 5) is 8.78. The third kappa shape index (κ3) is 23.0. The van der Waals surface area contributed by atoms with Crippen LogP contribution in [0, 0.1) is 11.3 Å². The molecule has 1 atom stereocenters. The van der Waals surface area contributed by atoms with Gasteiger partial charge in [-0.3, -0.25) is 0 Å². The first-order valence-electron chi connectivity index (χ1n) is 5.68. The van der Waals surface area contributed by atoms with Crippen molar-refractivity contribution in [2.24, 2.45) is 11.5 Å². The summed E-state index contributed by atoms with van der Waals surface area (Å²) in [6, 6.07) is 1.81. The van der Waals surface area contributed by atoms with Gasteiger partial charge in [0.1, 0.15) is 0 Å². The molecule has 0 fully saturated rings. The summed E-state index contributed by atoms with van der Waals surface area (Å²) in [5, 5.41) is 15.6. The topological polar surface area (TPSA) is 113 Å². The van der Waals surface area contributed by atoms with Gasteiger partial charge in [-0.25, -0.2) is 4.79 Å². The monoisotopic (exact) mass is 229 g/mol. The van der Waals surface area contributed by atoms with Crippen LogP contribution in [-0.4, -0.2) is 17.2 Å². The number of carbonyl (C=O) groups is 1. The van der Waals surface area contributed by atoms with Crippen LogP contribution in [0.2, 0.25) is 0 Å². The maximum Gasteiger partial charge on any atom is 0.402 e. The van der Waals surface area contributed by atoms with E-state index in [0.29, 0.717) is 0 Å². The molecule has 0 spiro atoms. The van der Waals surface area contributed by atoms with E-state index in [1.807, 2.05) is 6.07 Å². The molecule has 0 radical (unpaired) electrons. The van der Waals surface area contributed by atoms with Crippen molar-refractivity contribution in [1.82, 2.24) is 0 Å². The fraction of sp³-hybridized carbons (Fsp3) is 0.818. The molecule has 0 aliphatic rings. The van der Waals surface area contributed by atoms with Crippen molar-refractivity contribution in [2.75, 3.05) is 0 Å². The number of nitriles is 1. The van der Waals surface area contributed by atoms with E-state index in [-0.39, 0.29) is 6.04 Å². The van der Waals surface area contributed by atoms with Gasteiger partial charge in [0.2, 0.25) is 0 Å². The average Bonchev–Trinajstić information content (AvgIpc) is 2.22. The van der Waals surface area contributed by atoms with Crippen molar-refractivity contribution in [3.63, 3.8) is 0 Å². The quantitative estimate of drug-likeness (QED) is 0.581. The minimum absolute atomic E-state index is 0.240. The fourth-order valence-electron chi connectivity index (χ4n) is 1.21. The molecular weight excluding hydrogens is 206 g/mol. The Balaban J connectivity index is 0. The Labute approximate surface area is 97.4 Å². The van der Waals surface area contributed by atoms with Crippen LogP contribution in [0.3, 0.4) is 0 Å². The predicted octanol–water partition coefficient (Wildman–Crippen LogP) is 2.21. The Morgan fingerprint density at radius 2 is 1.75 bits per heavy atom. The van der Waals surface area contributed by atoms with Gasteiger partial charge in [-0.05, 0) is 6.42 Å². The van der Waals surface area contributed by atoms with Gasteiger partial charge in [-0.2, -0.15) is 5.26 Å². The minimum Gasteiger partial charge on any atom is -0.465 e. The highest BCUT2D eigenvalue weighted by Gasteiger charge is 1.97. The number of rotatable bonds is 7. The highest BCUT2D eigenvalue weighted by molar-refractivity contribution is 5.61. The van der Waals surface area contributed by atoms with E-state index in [9.17, 15) is 0 Å². The van der Waals surface area contributed by atoms with Crippen molar-refractivity contribution in [3.8, 4) is 6.07 Å². The summed E-state index contributed by atoms with van der Waals surface area (Å²) < 4.78 is 0. The molecule has 0 aliphatic heterocycles. The Bertz CT molecular complexity index is 198. The highest BCUT2D eigenvalue weighted by Crippen LogP contribution is 2.07. The van der Waals surface area contributed by atoms with E-state index in [1.54, 1.807) is 0 Å². The van der Waals surface area contributed by atoms with Crippen LogP contribution in [0.25, 0.3) is 0 Å². The lowest BCUT2D eigenvalue weighted by molar-refractivity contribution is 0.205. The van der Waals surface area contributed by atoms with Crippen molar-refractivity contribution < 1.29 is 9.90 Å². The molecular formula is C11H23N3O2. The van der Waals surface area contributed by atoms with E-state index >= 15 is 0 Å². The first kappa shape index (κ1) is 17.1. The second-order valence-electron chi connectivity index (χ2n) is 3.63. The lowest BCUT2D eigenvalue weighted by atomic mass is 10.1. The van der Waals surface area contributed by atoms with Crippen LogP contribution in [0.4, 0.5) is 4.79 Å². The zero-order valence-corrected chi connectivity index (χ0v) is 9.98. The Hall–Kier alpha value is -1.28. The zero-order chi connectivity index (χ0) is 12.8. The molecule has 0 rings (SSSR count). The minimum atomic E-state index is -1.33. The van der Waals surface area contributed by atoms with Crippen molar-refractivity contribution in [2.45, 2.75) is 57.9 Å². The number of hydrogen-bond donors (Lipinski definition) is 3. The molecule has 0 aromatic rings. The van der Waals surface area contributed by atoms with E-state index < -0.39 is 6.09 Å². The van der Waals surface area contributed by atoms with Crippen LogP contribution in [0.15, 0.2) is 0 Å². The molecule has 1 unspecified atom stereocenters. The van der Waals surface area contributed by atoms with Gasteiger partial charge in [0, 0.05) is 0 Å². The van der Waals surface area contributed by atoms with Crippen LogP contribution >= 0.6 is 0 Å². The molecule has 5 N–H and O–H groups in total. The van der Waals surface area contributed by atoms with Crippen LogP contribution in [0.5, 0.6) is 0 Å². The molecule has 5 nitrogen and oxygen atoms in total. The summed E-state index contributed by atoms with van der Waals surface area (Å²) in [5.41, 5.74) is 9.48. The molecule has 5 heteroatoms. The van der Waals surface area contributed by atoms with Crippen LogP contribution in [-0.2, 0) is 0 Å². The van der Waals surface area contributed by atoms with E-state index in [0.717, 1.165) is 12.8 Å². The summed E-state index contributed by atoms with van der Waals surface area (Å²) >= 11 is 0. The number of hydrogen-bond acceptors (Lipinski definition) is 3. The number of nitrogens with two attached hydrogens (primary N) is 2. The van der Waals surface area contributed by atoms with Gasteiger partial charge in [0.25, 0.3) is 0 Å². The Morgan fingerprint density at radius 1 is 1.31 bits per heavy atom. The number of carboxylic acid groups (broad SMARTS) is 1. The molecule has 1 amide bonds.